The molecule has 1 atom stereocenters. The van der Waals surface area contributed by atoms with Crippen LogP contribution >= 0.6 is 0 Å². The fourth-order valence-corrected chi connectivity index (χ4v) is 5.41. The number of nitrogens with zero attached hydrogens (tertiary/aromatic N) is 3. The number of hydrogen-bond acceptors (Lipinski definition) is 6. The zero-order chi connectivity index (χ0) is 22.4. The lowest BCUT2D eigenvalue weighted by Gasteiger charge is -2.27. The second-order valence-corrected chi connectivity index (χ2v) is 9.58. The number of sulfonamides is 1. The summed E-state index contributed by atoms with van der Waals surface area (Å²) in [6.07, 6.45) is 1.62. The first-order valence-corrected chi connectivity index (χ1v) is 12.1. The highest BCUT2D eigenvalue weighted by Crippen LogP contribution is 2.32. The van der Waals surface area contributed by atoms with E-state index in [2.05, 4.69) is 24.1 Å². The summed E-state index contributed by atoms with van der Waals surface area (Å²) in [7, 11) is -3.73. The molecule has 9 heteroatoms. The van der Waals surface area contributed by atoms with Crippen LogP contribution in [0.2, 0.25) is 0 Å². The minimum absolute atomic E-state index is 0.0355. The molecule has 0 bridgehead atoms. The maximum atomic E-state index is 12.9. The van der Waals surface area contributed by atoms with Crippen LogP contribution in [0.15, 0.2) is 53.4 Å². The SMILES string of the molecule is CCN(CC)CC(Nc1ccc(S(=O)(=O)N2CCCC2)cc1[N+](=O)[O-])c1ccccc1. The Morgan fingerprint density at radius 2 is 1.74 bits per heavy atom. The predicted molar refractivity (Wildman–Crippen MR) is 122 cm³/mol. The van der Waals surface area contributed by atoms with Gasteiger partial charge in [-0.2, -0.15) is 4.31 Å². The zero-order valence-electron chi connectivity index (χ0n) is 18.0. The van der Waals surface area contributed by atoms with E-state index in [9.17, 15) is 18.5 Å². The van der Waals surface area contributed by atoms with Gasteiger partial charge in [0.2, 0.25) is 10.0 Å². The largest absolute Gasteiger partial charge is 0.371 e. The molecule has 0 amide bonds. The molecule has 1 N–H and O–H groups in total. The van der Waals surface area contributed by atoms with Crippen LogP contribution < -0.4 is 5.32 Å². The molecule has 1 heterocycles. The lowest BCUT2D eigenvalue weighted by molar-refractivity contribution is -0.384. The van der Waals surface area contributed by atoms with Gasteiger partial charge in [0, 0.05) is 25.7 Å². The first-order chi connectivity index (χ1) is 14.9. The minimum Gasteiger partial charge on any atom is -0.371 e. The van der Waals surface area contributed by atoms with Gasteiger partial charge in [-0.05, 0) is 43.6 Å². The van der Waals surface area contributed by atoms with Gasteiger partial charge in [-0.1, -0.05) is 44.2 Å². The maximum absolute atomic E-state index is 12.9. The van der Waals surface area contributed by atoms with E-state index in [0.29, 0.717) is 25.3 Å². The summed E-state index contributed by atoms with van der Waals surface area (Å²) in [4.78, 5) is 13.5. The van der Waals surface area contributed by atoms with Gasteiger partial charge in [0.05, 0.1) is 15.9 Å². The summed E-state index contributed by atoms with van der Waals surface area (Å²) in [6.45, 7) is 7.44. The van der Waals surface area contributed by atoms with Crippen molar-refractivity contribution < 1.29 is 13.3 Å². The van der Waals surface area contributed by atoms with Gasteiger partial charge in [-0.3, -0.25) is 10.1 Å². The first-order valence-electron chi connectivity index (χ1n) is 10.7. The molecule has 0 radical (unpaired) electrons. The van der Waals surface area contributed by atoms with Crippen LogP contribution in [0, 0.1) is 10.1 Å². The van der Waals surface area contributed by atoms with Crippen LogP contribution in [-0.4, -0.2) is 55.3 Å². The Kier molecular flexibility index (Phi) is 7.64. The fraction of sp³-hybridized carbons (Fsp3) is 0.455. The molecule has 2 aromatic rings. The molecule has 0 aliphatic carbocycles. The maximum Gasteiger partial charge on any atom is 0.293 e. The molecule has 1 fully saturated rings. The lowest BCUT2D eigenvalue weighted by atomic mass is 10.1. The van der Waals surface area contributed by atoms with Crippen LogP contribution in [0.25, 0.3) is 0 Å². The Morgan fingerprint density at radius 1 is 1.10 bits per heavy atom. The summed E-state index contributed by atoms with van der Waals surface area (Å²) in [5, 5.41) is 15.1. The second-order valence-electron chi connectivity index (χ2n) is 7.64. The number of rotatable bonds is 10. The third-order valence-corrected chi connectivity index (χ3v) is 7.63. The molecule has 0 aromatic heterocycles. The number of benzene rings is 2. The van der Waals surface area contributed by atoms with Crippen molar-refractivity contribution in [2.75, 3.05) is 38.0 Å². The van der Waals surface area contributed by atoms with Crippen LogP contribution in [-0.2, 0) is 10.0 Å². The molecular weight excluding hydrogens is 416 g/mol. The minimum atomic E-state index is -3.73. The van der Waals surface area contributed by atoms with Crippen molar-refractivity contribution in [1.82, 2.24) is 9.21 Å². The molecule has 31 heavy (non-hydrogen) atoms. The van der Waals surface area contributed by atoms with E-state index in [1.807, 2.05) is 30.3 Å². The van der Waals surface area contributed by atoms with Crippen molar-refractivity contribution in [3.05, 3.63) is 64.2 Å². The Balaban J connectivity index is 1.95. The monoisotopic (exact) mass is 446 g/mol. The molecule has 1 unspecified atom stereocenters. The molecule has 1 aliphatic heterocycles. The third kappa shape index (κ3) is 5.41. The molecule has 0 saturated carbocycles. The Morgan fingerprint density at radius 3 is 2.32 bits per heavy atom. The Hall–Kier alpha value is -2.49. The molecular formula is C22H30N4O4S. The molecule has 168 valence electrons. The molecule has 3 rings (SSSR count). The van der Waals surface area contributed by atoms with Gasteiger partial charge in [0.1, 0.15) is 5.69 Å². The van der Waals surface area contributed by atoms with E-state index in [-0.39, 0.29) is 16.6 Å². The van der Waals surface area contributed by atoms with Crippen LogP contribution in [0.3, 0.4) is 0 Å². The fourth-order valence-electron chi connectivity index (χ4n) is 3.87. The summed E-state index contributed by atoms with van der Waals surface area (Å²) in [5.41, 5.74) is 1.09. The highest BCUT2D eigenvalue weighted by atomic mass is 32.2. The summed E-state index contributed by atoms with van der Waals surface area (Å²) >= 11 is 0. The number of nitro benzene ring substituents is 1. The third-order valence-electron chi connectivity index (χ3n) is 5.74. The zero-order valence-corrected chi connectivity index (χ0v) is 18.8. The van der Waals surface area contributed by atoms with Gasteiger partial charge in [-0.15, -0.1) is 0 Å². The average Bonchev–Trinajstić information content (AvgIpc) is 3.33. The molecule has 1 saturated heterocycles. The standard InChI is InChI=1S/C22H30N4O4S/c1-3-24(4-2)17-21(18-10-6-5-7-11-18)23-20-13-12-19(16-22(20)26(27)28)31(29,30)25-14-8-9-15-25/h5-7,10-13,16,21,23H,3-4,8-9,14-15,17H2,1-2H3. The van der Waals surface area contributed by atoms with Crippen molar-refractivity contribution in [1.29, 1.82) is 0 Å². The number of anilines is 1. The smallest absolute Gasteiger partial charge is 0.293 e. The highest BCUT2D eigenvalue weighted by Gasteiger charge is 2.30. The van der Waals surface area contributed by atoms with Gasteiger partial charge in [-0.25, -0.2) is 8.42 Å². The van der Waals surface area contributed by atoms with Crippen molar-refractivity contribution in [3.63, 3.8) is 0 Å². The molecule has 2 aromatic carbocycles. The quantitative estimate of drug-likeness (QED) is 0.440. The van der Waals surface area contributed by atoms with Crippen molar-refractivity contribution in [2.45, 2.75) is 37.6 Å². The Bertz CT molecular complexity index is 988. The number of hydrogen-bond donors (Lipinski definition) is 1. The predicted octanol–water partition coefficient (Wildman–Crippen LogP) is 3.87. The first kappa shape index (κ1) is 23.2. The average molecular weight is 447 g/mol. The summed E-state index contributed by atoms with van der Waals surface area (Å²) in [5.74, 6) is 0. The number of nitro groups is 1. The molecule has 0 spiro atoms. The van der Waals surface area contributed by atoms with E-state index in [4.69, 9.17) is 0 Å². The van der Waals surface area contributed by atoms with Gasteiger partial charge in [0.25, 0.3) is 5.69 Å². The normalized spacial score (nSPS) is 15.8. The van der Waals surface area contributed by atoms with Gasteiger partial charge in [0.15, 0.2) is 0 Å². The van der Waals surface area contributed by atoms with Crippen LogP contribution in [0.1, 0.15) is 38.3 Å². The van der Waals surface area contributed by atoms with Crippen molar-refractivity contribution in [3.8, 4) is 0 Å². The van der Waals surface area contributed by atoms with Crippen molar-refractivity contribution >= 4 is 21.4 Å². The van der Waals surface area contributed by atoms with E-state index in [1.54, 1.807) is 0 Å². The molecule has 8 nitrogen and oxygen atoms in total. The second kappa shape index (κ2) is 10.2. The number of likely N-dealkylation sites (N-methyl/N-ethyl adjacent to an activating group) is 1. The van der Waals surface area contributed by atoms with Crippen LogP contribution in [0.4, 0.5) is 11.4 Å². The van der Waals surface area contributed by atoms with E-state index in [1.165, 1.54) is 22.5 Å². The van der Waals surface area contributed by atoms with Gasteiger partial charge >= 0.3 is 0 Å². The van der Waals surface area contributed by atoms with Gasteiger partial charge < -0.3 is 10.2 Å². The van der Waals surface area contributed by atoms with E-state index < -0.39 is 14.9 Å². The van der Waals surface area contributed by atoms with E-state index in [0.717, 1.165) is 31.5 Å². The topological polar surface area (TPSA) is 95.8 Å². The van der Waals surface area contributed by atoms with Crippen molar-refractivity contribution in [2.24, 2.45) is 0 Å². The summed E-state index contributed by atoms with van der Waals surface area (Å²) < 4.78 is 27.1. The number of nitrogens with one attached hydrogen (secondary N) is 1. The van der Waals surface area contributed by atoms with Crippen LogP contribution in [0.5, 0.6) is 0 Å². The lowest BCUT2D eigenvalue weighted by Crippen LogP contribution is -2.31. The Labute approximate surface area is 184 Å². The van der Waals surface area contributed by atoms with E-state index >= 15 is 0 Å². The highest BCUT2D eigenvalue weighted by molar-refractivity contribution is 7.89. The molecule has 1 aliphatic rings. The summed E-state index contributed by atoms with van der Waals surface area (Å²) in [6, 6.07) is 13.7.